The first-order valence-electron chi connectivity index (χ1n) is 6.65. The molecule has 0 aromatic heterocycles. The van der Waals surface area contributed by atoms with Gasteiger partial charge in [0.25, 0.3) is 0 Å². The molecule has 0 radical (unpaired) electrons. The molecule has 3 heteroatoms. The van der Waals surface area contributed by atoms with Crippen molar-refractivity contribution in [2.45, 2.75) is 32.8 Å². The molecule has 0 spiro atoms. The maximum absolute atomic E-state index is 9.91. The van der Waals surface area contributed by atoms with Gasteiger partial charge in [-0.05, 0) is 31.2 Å². The lowest BCUT2D eigenvalue weighted by Gasteiger charge is -2.39. The van der Waals surface area contributed by atoms with Gasteiger partial charge in [-0.15, -0.1) is 0 Å². The van der Waals surface area contributed by atoms with Crippen molar-refractivity contribution in [2.75, 3.05) is 32.8 Å². The van der Waals surface area contributed by atoms with Crippen LogP contribution in [0.4, 0.5) is 0 Å². The lowest BCUT2D eigenvalue weighted by atomic mass is 9.87. The topological polar surface area (TPSA) is 32.7 Å². The Bertz CT molecular complexity index is 222. The SMILES string of the molecule is CC1CCN(CC2COCCC2O)CC1C. The molecule has 0 aromatic carbocycles. The number of piperidine rings is 1. The minimum atomic E-state index is -0.150. The molecule has 2 heterocycles. The molecule has 0 aliphatic carbocycles. The minimum absolute atomic E-state index is 0.150. The van der Waals surface area contributed by atoms with Crippen LogP contribution < -0.4 is 0 Å². The first kappa shape index (κ1) is 12.3. The van der Waals surface area contributed by atoms with Crippen molar-refractivity contribution < 1.29 is 9.84 Å². The van der Waals surface area contributed by atoms with E-state index in [1.54, 1.807) is 0 Å². The van der Waals surface area contributed by atoms with E-state index < -0.39 is 0 Å². The molecule has 16 heavy (non-hydrogen) atoms. The number of hydrogen-bond donors (Lipinski definition) is 1. The molecule has 4 atom stereocenters. The Morgan fingerprint density at radius 1 is 1.25 bits per heavy atom. The molecule has 2 saturated heterocycles. The number of aliphatic hydroxyl groups is 1. The second-order valence-corrected chi connectivity index (χ2v) is 5.69. The minimum Gasteiger partial charge on any atom is -0.393 e. The molecule has 3 nitrogen and oxygen atoms in total. The van der Waals surface area contributed by atoms with Gasteiger partial charge < -0.3 is 14.7 Å². The lowest BCUT2D eigenvalue weighted by molar-refractivity contribution is -0.0512. The third kappa shape index (κ3) is 2.96. The van der Waals surface area contributed by atoms with E-state index in [0.717, 1.165) is 38.0 Å². The van der Waals surface area contributed by atoms with Gasteiger partial charge in [0.1, 0.15) is 0 Å². The van der Waals surface area contributed by atoms with Gasteiger partial charge in [-0.1, -0.05) is 13.8 Å². The first-order valence-corrected chi connectivity index (χ1v) is 6.65. The average molecular weight is 227 g/mol. The molecule has 0 bridgehead atoms. The maximum Gasteiger partial charge on any atom is 0.0624 e. The highest BCUT2D eigenvalue weighted by atomic mass is 16.5. The van der Waals surface area contributed by atoms with Gasteiger partial charge in [-0.3, -0.25) is 0 Å². The molecule has 94 valence electrons. The van der Waals surface area contributed by atoms with Crippen LogP contribution in [-0.2, 0) is 4.74 Å². The van der Waals surface area contributed by atoms with Crippen molar-refractivity contribution in [3.05, 3.63) is 0 Å². The number of hydrogen-bond acceptors (Lipinski definition) is 3. The van der Waals surface area contributed by atoms with Crippen LogP contribution >= 0.6 is 0 Å². The molecule has 2 fully saturated rings. The Labute approximate surface area is 98.8 Å². The number of rotatable bonds is 2. The summed E-state index contributed by atoms with van der Waals surface area (Å²) in [5.74, 6) is 1.97. The van der Waals surface area contributed by atoms with E-state index in [9.17, 15) is 5.11 Å². The van der Waals surface area contributed by atoms with Crippen LogP contribution in [0.15, 0.2) is 0 Å². The fraction of sp³-hybridized carbons (Fsp3) is 1.00. The Balaban J connectivity index is 1.80. The normalized spacial score (nSPS) is 42.2. The zero-order chi connectivity index (χ0) is 11.5. The molecule has 0 amide bonds. The van der Waals surface area contributed by atoms with Crippen molar-refractivity contribution >= 4 is 0 Å². The van der Waals surface area contributed by atoms with E-state index in [1.807, 2.05) is 0 Å². The van der Waals surface area contributed by atoms with Crippen LogP contribution in [-0.4, -0.2) is 49.0 Å². The van der Waals surface area contributed by atoms with E-state index in [4.69, 9.17) is 4.74 Å². The molecule has 1 N–H and O–H groups in total. The Kier molecular flexibility index (Phi) is 4.22. The van der Waals surface area contributed by atoms with Crippen LogP contribution in [0.3, 0.4) is 0 Å². The Morgan fingerprint density at radius 3 is 2.75 bits per heavy atom. The molecule has 4 unspecified atom stereocenters. The van der Waals surface area contributed by atoms with E-state index in [2.05, 4.69) is 18.7 Å². The van der Waals surface area contributed by atoms with Crippen LogP contribution in [0, 0.1) is 17.8 Å². The highest BCUT2D eigenvalue weighted by Crippen LogP contribution is 2.24. The van der Waals surface area contributed by atoms with Gasteiger partial charge in [0, 0.05) is 25.6 Å². The third-order valence-corrected chi connectivity index (χ3v) is 4.34. The fourth-order valence-electron chi connectivity index (χ4n) is 2.81. The van der Waals surface area contributed by atoms with Gasteiger partial charge in [-0.2, -0.15) is 0 Å². The van der Waals surface area contributed by atoms with Gasteiger partial charge in [0.05, 0.1) is 12.7 Å². The predicted octanol–water partition coefficient (Wildman–Crippen LogP) is 1.36. The summed E-state index contributed by atoms with van der Waals surface area (Å²) in [6.45, 7) is 9.54. The van der Waals surface area contributed by atoms with Gasteiger partial charge in [0.15, 0.2) is 0 Å². The van der Waals surface area contributed by atoms with E-state index >= 15 is 0 Å². The van der Waals surface area contributed by atoms with Crippen molar-refractivity contribution in [3.8, 4) is 0 Å². The summed E-state index contributed by atoms with van der Waals surface area (Å²) in [6, 6.07) is 0. The van der Waals surface area contributed by atoms with E-state index in [-0.39, 0.29) is 6.10 Å². The number of ether oxygens (including phenoxy) is 1. The number of aliphatic hydroxyl groups excluding tert-OH is 1. The monoisotopic (exact) mass is 227 g/mol. The molecule has 2 rings (SSSR count). The molecule has 0 aromatic rings. The van der Waals surface area contributed by atoms with Crippen LogP contribution in [0.5, 0.6) is 0 Å². The van der Waals surface area contributed by atoms with Gasteiger partial charge in [-0.25, -0.2) is 0 Å². The summed E-state index contributed by atoms with van der Waals surface area (Å²) in [7, 11) is 0. The fourth-order valence-corrected chi connectivity index (χ4v) is 2.81. The van der Waals surface area contributed by atoms with Crippen molar-refractivity contribution in [1.82, 2.24) is 4.90 Å². The third-order valence-electron chi connectivity index (χ3n) is 4.34. The van der Waals surface area contributed by atoms with Crippen LogP contribution in [0.2, 0.25) is 0 Å². The summed E-state index contributed by atoms with van der Waals surface area (Å²) in [5.41, 5.74) is 0. The van der Waals surface area contributed by atoms with Crippen molar-refractivity contribution in [1.29, 1.82) is 0 Å². The summed E-state index contributed by atoms with van der Waals surface area (Å²) >= 11 is 0. The summed E-state index contributed by atoms with van der Waals surface area (Å²) in [6.07, 6.45) is 1.96. The second-order valence-electron chi connectivity index (χ2n) is 5.69. The van der Waals surface area contributed by atoms with Crippen molar-refractivity contribution in [2.24, 2.45) is 17.8 Å². The molecular formula is C13H25NO2. The zero-order valence-electron chi connectivity index (χ0n) is 10.6. The van der Waals surface area contributed by atoms with E-state index in [1.165, 1.54) is 19.5 Å². The smallest absolute Gasteiger partial charge is 0.0624 e. The molecular weight excluding hydrogens is 202 g/mol. The summed E-state index contributed by atoms with van der Waals surface area (Å²) in [5, 5.41) is 9.91. The quantitative estimate of drug-likeness (QED) is 0.773. The largest absolute Gasteiger partial charge is 0.393 e. The standard InChI is InChI=1S/C13H25NO2/c1-10-3-5-14(7-11(10)2)8-12-9-16-6-4-13(12)15/h10-13,15H,3-9H2,1-2H3. The molecule has 0 saturated carbocycles. The molecule has 2 aliphatic rings. The van der Waals surface area contributed by atoms with Crippen LogP contribution in [0.1, 0.15) is 26.7 Å². The molecule has 2 aliphatic heterocycles. The second kappa shape index (κ2) is 5.48. The van der Waals surface area contributed by atoms with E-state index in [0.29, 0.717) is 5.92 Å². The van der Waals surface area contributed by atoms with Crippen LogP contribution in [0.25, 0.3) is 0 Å². The number of likely N-dealkylation sites (tertiary alicyclic amines) is 1. The highest BCUT2D eigenvalue weighted by molar-refractivity contribution is 4.80. The highest BCUT2D eigenvalue weighted by Gasteiger charge is 2.29. The predicted molar refractivity (Wildman–Crippen MR) is 64.3 cm³/mol. The summed E-state index contributed by atoms with van der Waals surface area (Å²) < 4.78 is 5.46. The van der Waals surface area contributed by atoms with Gasteiger partial charge >= 0.3 is 0 Å². The van der Waals surface area contributed by atoms with Gasteiger partial charge in [0.2, 0.25) is 0 Å². The zero-order valence-corrected chi connectivity index (χ0v) is 10.6. The Hall–Kier alpha value is -0.120. The van der Waals surface area contributed by atoms with Crippen molar-refractivity contribution in [3.63, 3.8) is 0 Å². The maximum atomic E-state index is 9.91. The summed E-state index contributed by atoms with van der Waals surface area (Å²) in [4.78, 5) is 2.51. The first-order chi connectivity index (χ1) is 7.66. The number of nitrogens with zero attached hydrogens (tertiary/aromatic N) is 1. The average Bonchev–Trinajstić information content (AvgIpc) is 2.27. The lowest BCUT2D eigenvalue weighted by Crippen LogP contribution is -2.45. The Morgan fingerprint density at radius 2 is 2.06 bits per heavy atom.